The molecule has 0 amide bonds. The van der Waals surface area contributed by atoms with E-state index in [0.29, 0.717) is 14.2 Å². The van der Waals surface area contributed by atoms with Gasteiger partial charge in [-0.1, -0.05) is 0 Å². The van der Waals surface area contributed by atoms with Crippen LogP contribution in [0.4, 0.5) is 0 Å². The van der Waals surface area contributed by atoms with Crippen molar-refractivity contribution in [3.63, 3.8) is 0 Å². The molecular formula is C2H3AsS2. The molecule has 0 fully saturated rings. The van der Waals surface area contributed by atoms with Gasteiger partial charge in [0.25, 0.3) is 0 Å². The molecule has 1 aliphatic rings. The summed E-state index contributed by atoms with van der Waals surface area (Å²) in [4.78, 5) is 2.38. The van der Waals surface area contributed by atoms with E-state index in [9.17, 15) is 0 Å². The molecule has 0 N–H and O–H groups in total. The van der Waals surface area contributed by atoms with Gasteiger partial charge in [0.2, 0.25) is 0 Å². The molecule has 0 bridgehead atoms. The van der Waals surface area contributed by atoms with Gasteiger partial charge in [-0.05, 0) is 0 Å². The van der Waals surface area contributed by atoms with E-state index in [1.165, 1.54) is 5.75 Å². The summed E-state index contributed by atoms with van der Waals surface area (Å²) in [5.74, 6) is 1.30. The van der Waals surface area contributed by atoms with Gasteiger partial charge < -0.3 is 0 Å². The monoisotopic (exact) mass is 166 g/mol. The predicted molar refractivity (Wildman–Crippen MR) is 31.9 cm³/mol. The summed E-state index contributed by atoms with van der Waals surface area (Å²) < 4.78 is 0. The molecular weight excluding hydrogens is 163 g/mol. The van der Waals surface area contributed by atoms with Crippen molar-refractivity contribution in [1.29, 1.82) is 0 Å². The van der Waals surface area contributed by atoms with E-state index in [1.54, 1.807) is 0 Å². The van der Waals surface area contributed by atoms with Crippen LogP contribution in [0.5, 0.6) is 0 Å². The second-order valence-electron chi connectivity index (χ2n) is 0.647. The van der Waals surface area contributed by atoms with Crippen LogP contribution in [0.15, 0.2) is 0 Å². The SMILES string of the molecule is C1=[As]SSC1. The Labute approximate surface area is 44.7 Å². The number of hydrogen-bond donors (Lipinski definition) is 0. The fourth-order valence-electron chi connectivity index (χ4n) is 0.152. The van der Waals surface area contributed by atoms with Crippen LogP contribution in [-0.4, -0.2) is 24.7 Å². The van der Waals surface area contributed by atoms with Crippen molar-refractivity contribution in [3.8, 4) is 0 Å². The van der Waals surface area contributed by atoms with Gasteiger partial charge in [-0.15, -0.1) is 0 Å². The summed E-state index contributed by atoms with van der Waals surface area (Å²) in [7, 11) is 4.01. The van der Waals surface area contributed by atoms with Gasteiger partial charge >= 0.3 is 44.6 Å². The molecule has 0 unspecified atom stereocenters. The van der Waals surface area contributed by atoms with E-state index in [2.05, 4.69) is 4.81 Å². The first kappa shape index (κ1) is 4.29. The molecule has 0 aromatic carbocycles. The second kappa shape index (κ2) is 2.33. The molecule has 1 rings (SSSR count). The molecule has 1 aliphatic heterocycles. The molecule has 0 saturated carbocycles. The van der Waals surface area contributed by atoms with Crippen LogP contribution < -0.4 is 0 Å². The number of rotatable bonds is 0. The van der Waals surface area contributed by atoms with Gasteiger partial charge in [0.1, 0.15) is 0 Å². The Morgan fingerprint density at radius 2 is 2.80 bits per heavy atom. The van der Waals surface area contributed by atoms with E-state index in [0.717, 1.165) is 0 Å². The van der Waals surface area contributed by atoms with Crippen molar-refractivity contribution >= 4 is 38.8 Å². The third kappa shape index (κ3) is 1.34. The Hall–Kier alpha value is 1.13. The van der Waals surface area contributed by atoms with Crippen molar-refractivity contribution in [1.82, 2.24) is 0 Å². The van der Waals surface area contributed by atoms with E-state index in [1.807, 2.05) is 19.9 Å². The Morgan fingerprint density at radius 1 is 1.80 bits per heavy atom. The Kier molecular flexibility index (Phi) is 2.00. The molecule has 0 nitrogen and oxygen atoms in total. The third-order valence-electron chi connectivity index (χ3n) is 0.313. The Balaban J connectivity index is 2.32. The van der Waals surface area contributed by atoms with Gasteiger partial charge in [-0.3, -0.25) is 0 Å². The first-order valence-electron chi connectivity index (χ1n) is 1.30. The zero-order valence-electron chi connectivity index (χ0n) is 2.55. The summed E-state index contributed by atoms with van der Waals surface area (Å²) in [5, 5.41) is 0. The number of hydrogen-bond acceptors (Lipinski definition) is 2. The first-order valence-corrected chi connectivity index (χ1v) is 6.96. The zero-order valence-corrected chi connectivity index (χ0v) is 6.06. The second-order valence-corrected chi connectivity index (χ2v) is 7.64. The van der Waals surface area contributed by atoms with Crippen molar-refractivity contribution < 1.29 is 0 Å². The van der Waals surface area contributed by atoms with Gasteiger partial charge in [-0.25, -0.2) is 0 Å². The van der Waals surface area contributed by atoms with Crippen molar-refractivity contribution in [3.05, 3.63) is 0 Å². The minimum atomic E-state index is 0.609. The summed E-state index contributed by atoms with van der Waals surface area (Å²) in [5.41, 5.74) is 0. The molecule has 0 radical (unpaired) electrons. The van der Waals surface area contributed by atoms with Crippen LogP contribution >= 0.6 is 19.9 Å². The van der Waals surface area contributed by atoms with E-state index in [4.69, 9.17) is 0 Å². The standard InChI is InChI=1S/C2H3AsS2/c1-2-4-5-3-1/h1H,2H2. The van der Waals surface area contributed by atoms with Crippen LogP contribution in [0, 0.1) is 0 Å². The average molecular weight is 166 g/mol. The van der Waals surface area contributed by atoms with Crippen LogP contribution in [0.2, 0.25) is 0 Å². The van der Waals surface area contributed by atoms with Gasteiger partial charge in [0.15, 0.2) is 0 Å². The van der Waals surface area contributed by atoms with Crippen LogP contribution in [0.1, 0.15) is 0 Å². The third-order valence-corrected chi connectivity index (χ3v) is 7.41. The maximum absolute atomic E-state index is 2.38. The molecule has 0 aliphatic carbocycles. The fourth-order valence-corrected chi connectivity index (χ4v) is 7.12. The quantitative estimate of drug-likeness (QED) is 0.385. The predicted octanol–water partition coefficient (Wildman–Crippen LogP) is 0.803. The molecule has 0 aromatic rings. The minimum absolute atomic E-state index is 0.609. The van der Waals surface area contributed by atoms with E-state index >= 15 is 0 Å². The topological polar surface area (TPSA) is 0 Å². The summed E-state index contributed by atoms with van der Waals surface area (Å²) in [6.07, 6.45) is 0. The molecule has 5 heavy (non-hydrogen) atoms. The van der Waals surface area contributed by atoms with Gasteiger partial charge in [-0.2, -0.15) is 0 Å². The van der Waals surface area contributed by atoms with E-state index < -0.39 is 0 Å². The molecule has 3 heteroatoms. The summed E-state index contributed by atoms with van der Waals surface area (Å²) in [6.45, 7) is 0. The van der Waals surface area contributed by atoms with Gasteiger partial charge in [0, 0.05) is 0 Å². The normalized spacial score (nSPS) is 24.0. The fraction of sp³-hybridized carbons (Fsp3) is 0.500. The molecule has 0 atom stereocenters. The summed E-state index contributed by atoms with van der Waals surface area (Å²) >= 11 is 0.609. The molecule has 28 valence electrons. The molecule has 0 spiro atoms. The van der Waals surface area contributed by atoms with Crippen LogP contribution in [0.25, 0.3) is 0 Å². The maximum atomic E-state index is 2.38. The zero-order chi connectivity index (χ0) is 3.54. The average Bonchev–Trinajstić information content (AvgIpc) is 1.76. The molecule has 1 heterocycles. The van der Waals surface area contributed by atoms with E-state index in [-0.39, 0.29) is 0 Å². The first-order chi connectivity index (χ1) is 2.50. The Bertz CT molecular complexity index is 45.6. The van der Waals surface area contributed by atoms with Crippen LogP contribution in [0.3, 0.4) is 0 Å². The Morgan fingerprint density at radius 3 is 3.00 bits per heavy atom. The summed E-state index contributed by atoms with van der Waals surface area (Å²) in [6, 6.07) is 0. The van der Waals surface area contributed by atoms with Crippen LogP contribution in [-0.2, 0) is 0 Å². The van der Waals surface area contributed by atoms with Gasteiger partial charge in [0.05, 0.1) is 0 Å². The van der Waals surface area contributed by atoms with Crippen molar-refractivity contribution in [2.75, 3.05) is 5.75 Å². The molecule has 0 saturated heterocycles. The van der Waals surface area contributed by atoms with Crippen molar-refractivity contribution in [2.45, 2.75) is 0 Å². The van der Waals surface area contributed by atoms with Crippen molar-refractivity contribution in [2.24, 2.45) is 0 Å². The molecule has 0 aromatic heterocycles.